The van der Waals surface area contributed by atoms with E-state index in [0.29, 0.717) is 11.4 Å². The van der Waals surface area contributed by atoms with Gasteiger partial charge in [0.15, 0.2) is 0 Å². The second-order valence-corrected chi connectivity index (χ2v) is 9.27. The summed E-state index contributed by atoms with van der Waals surface area (Å²) in [6, 6.07) is -5.93. The van der Waals surface area contributed by atoms with E-state index in [1.165, 1.54) is 32.0 Å². The maximum atomic E-state index is 13.2. The van der Waals surface area contributed by atoms with Gasteiger partial charge in [-0.15, -0.1) is 0 Å². The van der Waals surface area contributed by atoms with Crippen molar-refractivity contribution >= 4 is 29.6 Å². The molecule has 0 spiro atoms. The third-order valence-corrected chi connectivity index (χ3v) is 5.74. The zero-order valence-corrected chi connectivity index (χ0v) is 21.8. The lowest BCUT2D eigenvalue weighted by molar-refractivity contribution is -0.142. The Morgan fingerprint density at radius 3 is 1.82 bits per heavy atom. The zero-order valence-electron chi connectivity index (χ0n) is 21.8. The van der Waals surface area contributed by atoms with Crippen LogP contribution in [-0.2, 0) is 36.8 Å². The van der Waals surface area contributed by atoms with E-state index in [1.54, 1.807) is 13.8 Å². The summed E-state index contributed by atoms with van der Waals surface area (Å²) >= 11 is 0. The Bertz CT molecular complexity index is 1110. The third-order valence-electron chi connectivity index (χ3n) is 5.74. The number of imidazole rings is 2. The molecule has 0 saturated carbocycles. The molecule has 4 amide bonds. The van der Waals surface area contributed by atoms with E-state index in [0.717, 1.165) is 0 Å². The normalized spacial score (nSPS) is 14.9. The van der Waals surface area contributed by atoms with Gasteiger partial charge in [0.1, 0.15) is 30.2 Å². The number of carbonyl (C=O) groups is 5. The minimum atomic E-state index is -1.31. The summed E-state index contributed by atoms with van der Waals surface area (Å²) in [4.78, 5) is 76.1. The molecule has 16 nitrogen and oxygen atoms in total. The van der Waals surface area contributed by atoms with Crippen LogP contribution in [0.4, 0.5) is 0 Å². The van der Waals surface area contributed by atoms with Crippen LogP contribution in [0.3, 0.4) is 0 Å². The molecule has 214 valence electrons. The fraction of sp³-hybridized carbons (Fsp3) is 0.522. The van der Waals surface area contributed by atoms with Crippen molar-refractivity contribution in [1.82, 2.24) is 41.2 Å². The molecule has 2 heterocycles. The molecule has 0 aliphatic heterocycles. The van der Waals surface area contributed by atoms with Gasteiger partial charge in [0.2, 0.25) is 23.6 Å². The van der Waals surface area contributed by atoms with Crippen molar-refractivity contribution < 1.29 is 34.2 Å². The van der Waals surface area contributed by atoms with Crippen molar-refractivity contribution in [3.63, 3.8) is 0 Å². The Hall–Kier alpha value is -4.31. The monoisotopic (exact) mass is 549 g/mol. The SMILES string of the molecule is CC(C)[C@H](NC(=O)[C@H](C)NC(=O)[C@@H](N)CO)C(=O)N[C@@H](Cc1cnc[nH]1)C(=O)N[C@@H](Cc1cnc[nH]1)C(=O)O. The highest BCUT2D eigenvalue weighted by atomic mass is 16.4. The van der Waals surface area contributed by atoms with E-state index in [4.69, 9.17) is 10.8 Å². The molecular formula is C23H35N9O7. The molecule has 0 aromatic carbocycles. The molecule has 0 radical (unpaired) electrons. The summed E-state index contributed by atoms with van der Waals surface area (Å²) in [7, 11) is 0. The molecule has 2 rings (SSSR count). The standard InChI is InChI=1S/C23H35N9O7/c1-11(2)18(32-19(34)12(3)29-20(35)15(24)8-33)22(37)30-16(4-13-6-25-9-27-13)21(36)31-17(23(38)39)5-14-7-26-10-28-14/h6-7,9-12,15-18,33H,4-5,8,24H2,1-3H3,(H,25,27)(H,26,28)(H,29,35)(H,30,37)(H,31,36)(H,32,34)(H,38,39)/t12-,15-,16-,17-,18-/m0/s1. The molecule has 0 aliphatic rings. The number of nitrogens with two attached hydrogens (primary N) is 1. The molecule has 2 aromatic heterocycles. The van der Waals surface area contributed by atoms with Crippen LogP contribution in [0.5, 0.6) is 0 Å². The Balaban J connectivity index is 2.15. The van der Waals surface area contributed by atoms with Crippen molar-refractivity contribution in [2.45, 2.75) is 63.8 Å². The van der Waals surface area contributed by atoms with Gasteiger partial charge in [-0.1, -0.05) is 13.8 Å². The number of aliphatic hydroxyl groups excluding tert-OH is 1. The zero-order chi connectivity index (χ0) is 29.1. The van der Waals surface area contributed by atoms with Crippen LogP contribution in [0.1, 0.15) is 32.2 Å². The summed E-state index contributed by atoms with van der Waals surface area (Å²) in [5, 5.41) is 28.5. The lowest BCUT2D eigenvalue weighted by Crippen LogP contribution is -2.59. The number of aliphatic carboxylic acids is 1. The number of carboxylic acids is 1. The molecule has 5 atom stereocenters. The molecule has 16 heteroatoms. The van der Waals surface area contributed by atoms with E-state index in [-0.39, 0.29) is 12.8 Å². The third kappa shape index (κ3) is 9.50. The topological polar surface area (TPSA) is 257 Å². The summed E-state index contributed by atoms with van der Waals surface area (Å²) in [5.41, 5.74) is 6.43. The molecule has 0 aliphatic carbocycles. The molecule has 2 aromatic rings. The first kappa shape index (κ1) is 30.9. The van der Waals surface area contributed by atoms with E-state index < -0.39 is 72.3 Å². The number of aromatic amines is 2. The second-order valence-electron chi connectivity index (χ2n) is 9.27. The molecule has 39 heavy (non-hydrogen) atoms. The van der Waals surface area contributed by atoms with Gasteiger partial charge in [-0.25, -0.2) is 14.8 Å². The van der Waals surface area contributed by atoms with Crippen LogP contribution in [-0.4, -0.2) is 96.6 Å². The average Bonchev–Trinajstić information content (AvgIpc) is 3.59. The average molecular weight is 550 g/mol. The lowest BCUT2D eigenvalue weighted by Gasteiger charge is -2.27. The van der Waals surface area contributed by atoms with Crippen LogP contribution >= 0.6 is 0 Å². The molecule has 0 unspecified atom stereocenters. The van der Waals surface area contributed by atoms with Crippen LogP contribution < -0.4 is 27.0 Å². The number of aliphatic hydroxyl groups is 1. The first-order valence-electron chi connectivity index (χ1n) is 12.2. The van der Waals surface area contributed by atoms with Gasteiger partial charge in [-0.05, 0) is 12.8 Å². The minimum Gasteiger partial charge on any atom is -0.480 e. The molecule has 0 bridgehead atoms. The maximum Gasteiger partial charge on any atom is 0.326 e. The van der Waals surface area contributed by atoms with Gasteiger partial charge in [0.05, 0.1) is 19.3 Å². The Kier molecular flexibility index (Phi) is 11.6. The highest BCUT2D eigenvalue weighted by Gasteiger charge is 2.32. The second kappa shape index (κ2) is 14.6. The van der Waals surface area contributed by atoms with E-state index >= 15 is 0 Å². The fourth-order valence-electron chi connectivity index (χ4n) is 3.46. The van der Waals surface area contributed by atoms with Gasteiger partial charge in [0, 0.05) is 36.6 Å². The van der Waals surface area contributed by atoms with Gasteiger partial charge < -0.3 is 47.2 Å². The maximum absolute atomic E-state index is 13.2. The quantitative estimate of drug-likeness (QED) is 0.108. The van der Waals surface area contributed by atoms with Crippen LogP contribution in [0.15, 0.2) is 25.0 Å². The number of amides is 4. The number of hydrogen-bond acceptors (Lipinski definition) is 9. The number of carboxylic acid groups (broad SMARTS) is 1. The van der Waals surface area contributed by atoms with Crippen molar-refractivity contribution in [1.29, 1.82) is 0 Å². The highest BCUT2D eigenvalue weighted by Crippen LogP contribution is 2.07. The summed E-state index contributed by atoms with van der Waals surface area (Å²) < 4.78 is 0. The first-order chi connectivity index (χ1) is 18.4. The first-order valence-corrected chi connectivity index (χ1v) is 12.2. The van der Waals surface area contributed by atoms with Crippen molar-refractivity contribution in [2.24, 2.45) is 11.7 Å². The summed E-state index contributed by atoms with van der Waals surface area (Å²) in [6.45, 7) is 4.11. The Morgan fingerprint density at radius 2 is 1.36 bits per heavy atom. The molecule has 10 N–H and O–H groups in total. The van der Waals surface area contributed by atoms with Crippen LogP contribution in [0, 0.1) is 5.92 Å². The van der Waals surface area contributed by atoms with Gasteiger partial charge in [0.25, 0.3) is 0 Å². The van der Waals surface area contributed by atoms with Crippen molar-refractivity contribution in [3.05, 3.63) is 36.4 Å². The number of H-pyrrole nitrogens is 2. The number of nitrogens with one attached hydrogen (secondary N) is 6. The molecular weight excluding hydrogens is 514 g/mol. The number of nitrogens with zero attached hydrogens (tertiary/aromatic N) is 2. The number of carbonyl (C=O) groups excluding carboxylic acids is 4. The van der Waals surface area contributed by atoms with Gasteiger partial charge in [-0.3, -0.25) is 19.2 Å². The summed E-state index contributed by atoms with van der Waals surface area (Å²) in [6.07, 6.45) is 5.54. The van der Waals surface area contributed by atoms with E-state index in [1.807, 2.05) is 0 Å². The molecule has 0 fully saturated rings. The van der Waals surface area contributed by atoms with E-state index in [2.05, 4.69) is 41.2 Å². The van der Waals surface area contributed by atoms with Gasteiger partial charge >= 0.3 is 5.97 Å². The van der Waals surface area contributed by atoms with Crippen LogP contribution in [0.2, 0.25) is 0 Å². The lowest BCUT2D eigenvalue weighted by atomic mass is 10.0. The number of hydrogen-bond donors (Lipinski definition) is 9. The van der Waals surface area contributed by atoms with Crippen molar-refractivity contribution in [2.75, 3.05) is 6.61 Å². The van der Waals surface area contributed by atoms with Gasteiger partial charge in [-0.2, -0.15) is 0 Å². The van der Waals surface area contributed by atoms with E-state index in [9.17, 15) is 29.1 Å². The number of rotatable bonds is 15. The summed E-state index contributed by atoms with van der Waals surface area (Å²) in [5.74, 6) is -4.62. The predicted molar refractivity (Wildman–Crippen MR) is 136 cm³/mol. The largest absolute Gasteiger partial charge is 0.480 e. The predicted octanol–water partition coefficient (Wildman–Crippen LogP) is -3.06. The highest BCUT2D eigenvalue weighted by molar-refractivity contribution is 5.95. The van der Waals surface area contributed by atoms with Crippen molar-refractivity contribution in [3.8, 4) is 0 Å². The Labute approximate surface area is 223 Å². The Morgan fingerprint density at radius 1 is 0.821 bits per heavy atom. The smallest absolute Gasteiger partial charge is 0.326 e. The molecule has 0 saturated heterocycles. The fourth-order valence-corrected chi connectivity index (χ4v) is 3.46. The number of aromatic nitrogens is 4. The van der Waals surface area contributed by atoms with Crippen LogP contribution in [0.25, 0.3) is 0 Å². The minimum absolute atomic E-state index is 0.0434.